The minimum atomic E-state index is -1.87. The van der Waals surface area contributed by atoms with Gasteiger partial charge in [0.15, 0.2) is 5.41 Å². The molecule has 0 saturated carbocycles. The number of hydrogen-bond donors (Lipinski definition) is 1. The second-order valence-corrected chi connectivity index (χ2v) is 6.54. The number of ether oxygens (including phenoxy) is 2. The van der Waals surface area contributed by atoms with E-state index in [2.05, 4.69) is 6.07 Å². The predicted molar refractivity (Wildman–Crippen MR) is 85.4 cm³/mol. The van der Waals surface area contributed by atoms with Gasteiger partial charge >= 0.3 is 0 Å². The molecule has 2 fully saturated rings. The largest absolute Gasteiger partial charge is 0.444 e. The van der Waals surface area contributed by atoms with Gasteiger partial charge in [-0.25, -0.2) is 0 Å². The minimum absolute atomic E-state index is 0.354. The summed E-state index contributed by atoms with van der Waals surface area (Å²) in [5.74, 6) is -2.20. The molecule has 2 saturated heterocycles. The normalized spacial score (nSPS) is 37.1. The van der Waals surface area contributed by atoms with Gasteiger partial charge in [0.25, 0.3) is 0 Å². The van der Waals surface area contributed by atoms with E-state index in [0.717, 1.165) is 0 Å². The SMILES string of the molecule is N#CC1(C#N)C(c2ccccc2)OC23C=CCCC2C1(C#N)C(=N)O3. The summed E-state index contributed by atoms with van der Waals surface area (Å²) in [6, 6.07) is 15.1. The maximum absolute atomic E-state index is 10.1. The Labute approximate surface area is 145 Å². The van der Waals surface area contributed by atoms with Crippen LogP contribution in [-0.4, -0.2) is 11.7 Å². The van der Waals surface area contributed by atoms with Gasteiger partial charge in [-0.05, 0) is 24.5 Å². The highest BCUT2D eigenvalue weighted by molar-refractivity contribution is 5.89. The molecule has 4 unspecified atom stereocenters. The summed E-state index contributed by atoms with van der Waals surface area (Å²) in [6.45, 7) is 0. The molecule has 0 radical (unpaired) electrons. The maximum atomic E-state index is 10.1. The van der Waals surface area contributed by atoms with Crippen molar-refractivity contribution in [1.29, 1.82) is 21.2 Å². The van der Waals surface area contributed by atoms with Gasteiger partial charge in [0.2, 0.25) is 17.1 Å². The summed E-state index contributed by atoms with van der Waals surface area (Å²) in [5, 5.41) is 38.5. The van der Waals surface area contributed by atoms with Crippen LogP contribution in [0.2, 0.25) is 0 Å². The third-order valence-corrected chi connectivity index (χ3v) is 5.55. The van der Waals surface area contributed by atoms with Crippen molar-refractivity contribution in [1.82, 2.24) is 0 Å². The van der Waals surface area contributed by atoms with Crippen LogP contribution in [0.1, 0.15) is 24.5 Å². The second kappa shape index (κ2) is 4.93. The summed E-state index contributed by atoms with van der Waals surface area (Å²) >= 11 is 0. The summed E-state index contributed by atoms with van der Waals surface area (Å²) < 4.78 is 11.9. The van der Waals surface area contributed by atoms with Crippen molar-refractivity contribution in [3.05, 3.63) is 48.0 Å². The predicted octanol–water partition coefficient (Wildman–Crippen LogP) is 2.97. The molecule has 122 valence electrons. The summed E-state index contributed by atoms with van der Waals surface area (Å²) in [5.41, 5.74) is -2.92. The Balaban J connectivity index is 2.04. The van der Waals surface area contributed by atoms with Crippen molar-refractivity contribution in [2.24, 2.45) is 16.7 Å². The van der Waals surface area contributed by atoms with E-state index in [1.807, 2.05) is 24.3 Å². The van der Waals surface area contributed by atoms with Gasteiger partial charge < -0.3 is 9.47 Å². The van der Waals surface area contributed by atoms with Gasteiger partial charge in [-0.3, -0.25) is 5.41 Å². The Bertz CT molecular complexity index is 890. The van der Waals surface area contributed by atoms with Crippen LogP contribution >= 0.6 is 0 Å². The third kappa shape index (κ3) is 1.56. The van der Waals surface area contributed by atoms with E-state index in [-0.39, 0.29) is 5.90 Å². The Morgan fingerprint density at radius 3 is 2.44 bits per heavy atom. The lowest BCUT2D eigenvalue weighted by Gasteiger charge is -2.49. The van der Waals surface area contributed by atoms with E-state index in [4.69, 9.17) is 14.9 Å². The van der Waals surface area contributed by atoms with E-state index < -0.39 is 28.6 Å². The zero-order chi connectivity index (χ0) is 17.7. The van der Waals surface area contributed by atoms with Crippen molar-refractivity contribution in [2.45, 2.75) is 24.7 Å². The monoisotopic (exact) mass is 330 g/mol. The van der Waals surface area contributed by atoms with Crippen LogP contribution in [0.4, 0.5) is 0 Å². The molecule has 1 N–H and O–H groups in total. The average Bonchev–Trinajstić information content (AvgIpc) is 2.87. The quantitative estimate of drug-likeness (QED) is 0.795. The molecule has 4 atom stereocenters. The molecular weight excluding hydrogens is 316 g/mol. The van der Waals surface area contributed by atoms with Gasteiger partial charge in [-0.1, -0.05) is 36.4 Å². The highest BCUT2D eigenvalue weighted by Crippen LogP contribution is 2.68. The number of nitrogens with zero attached hydrogens (tertiary/aromatic N) is 3. The van der Waals surface area contributed by atoms with Crippen molar-refractivity contribution in [3.8, 4) is 18.2 Å². The fourth-order valence-electron chi connectivity index (χ4n) is 4.41. The molecule has 2 bridgehead atoms. The van der Waals surface area contributed by atoms with Crippen LogP contribution in [0.5, 0.6) is 0 Å². The first kappa shape index (κ1) is 15.4. The number of hydrogen-bond acceptors (Lipinski definition) is 6. The fourth-order valence-corrected chi connectivity index (χ4v) is 4.41. The lowest BCUT2D eigenvalue weighted by Crippen LogP contribution is -2.59. The topological polar surface area (TPSA) is 114 Å². The summed E-state index contributed by atoms with van der Waals surface area (Å²) in [4.78, 5) is 0. The second-order valence-electron chi connectivity index (χ2n) is 6.54. The molecule has 25 heavy (non-hydrogen) atoms. The smallest absolute Gasteiger partial charge is 0.237 e. The van der Waals surface area contributed by atoms with Crippen molar-refractivity contribution >= 4 is 5.90 Å². The zero-order valence-electron chi connectivity index (χ0n) is 13.3. The van der Waals surface area contributed by atoms with E-state index in [0.29, 0.717) is 18.4 Å². The van der Waals surface area contributed by atoms with Crippen LogP contribution in [0.25, 0.3) is 0 Å². The van der Waals surface area contributed by atoms with Gasteiger partial charge in [0.1, 0.15) is 6.10 Å². The highest BCUT2D eigenvalue weighted by atomic mass is 16.7. The first-order valence-corrected chi connectivity index (χ1v) is 8.02. The molecule has 0 amide bonds. The van der Waals surface area contributed by atoms with Crippen molar-refractivity contribution in [3.63, 3.8) is 0 Å². The lowest BCUT2D eigenvalue weighted by atomic mass is 9.52. The fraction of sp³-hybridized carbons (Fsp3) is 0.368. The minimum Gasteiger partial charge on any atom is -0.444 e. The molecule has 2 heterocycles. The molecule has 0 aromatic heterocycles. The number of allylic oxidation sites excluding steroid dienone is 1. The van der Waals surface area contributed by atoms with Gasteiger partial charge in [-0.2, -0.15) is 15.8 Å². The Hall–Kier alpha value is -3.14. The molecule has 3 aliphatic rings. The number of nitriles is 3. The molecule has 1 aromatic rings. The van der Waals surface area contributed by atoms with E-state index in [1.54, 1.807) is 30.3 Å². The molecule has 2 aliphatic heterocycles. The Kier molecular flexibility index (Phi) is 3.03. The van der Waals surface area contributed by atoms with Crippen LogP contribution in [0, 0.1) is 56.2 Å². The van der Waals surface area contributed by atoms with Crippen LogP contribution in [0.3, 0.4) is 0 Å². The Morgan fingerprint density at radius 2 is 1.80 bits per heavy atom. The van der Waals surface area contributed by atoms with Crippen LogP contribution < -0.4 is 0 Å². The van der Waals surface area contributed by atoms with Gasteiger partial charge in [0.05, 0.1) is 24.1 Å². The molecule has 6 nitrogen and oxygen atoms in total. The number of rotatable bonds is 1. The third-order valence-electron chi connectivity index (χ3n) is 5.55. The Morgan fingerprint density at radius 1 is 1.08 bits per heavy atom. The molecule has 4 rings (SSSR count). The highest BCUT2D eigenvalue weighted by Gasteiger charge is 2.80. The molecule has 0 spiro atoms. The van der Waals surface area contributed by atoms with Crippen LogP contribution in [0.15, 0.2) is 42.5 Å². The molecule has 6 heteroatoms. The van der Waals surface area contributed by atoms with E-state index in [1.165, 1.54) is 0 Å². The number of benzene rings is 1. The first-order valence-electron chi connectivity index (χ1n) is 8.02. The summed E-state index contributed by atoms with van der Waals surface area (Å²) in [6.07, 6.45) is 3.82. The first-order chi connectivity index (χ1) is 12.1. The molecule has 1 aromatic carbocycles. The van der Waals surface area contributed by atoms with E-state index >= 15 is 0 Å². The average molecular weight is 330 g/mol. The van der Waals surface area contributed by atoms with Crippen molar-refractivity contribution < 1.29 is 9.47 Å². The van der Waals surface area contributed by atoms with Crippen LogP contribution in [-0.2, 0) is 9.47 Å². The standard InChI is InChI=1S/C19H14N4O2/c20-10-17(11-21)15(13-6-2-1-3-7-13)24-19-9-5-4-8-14(19)18(17,12-22)16(23)25-19/h1-3,5-7,9,14-15,23H,4,8H2. The lowest BCUT2D eigenvalue weighted by molar-refractivity contribution is -0.258. The van der Waals surface area contributed by atoms with Gasteiger partial charge in [-0.15, -0.1) is 0 Å². The van der Waals surface area contributed by atoms with Crippen molar-refractivity contribution in [2.75, 3.05) is 0 Å². The molecule has 1 aliphatic carbocycles. The summed E-state index contributed by atoms with van der Waals surface area (Å²) in [7, 11) is 0. The zero-order valence-corrected chi connectivity index (χ0v) is 13.3. The number of nitrogens with one attached hydrogen (secondary N) is 1. The van der Waals surface area contributed by atoms with E-state index in [9.17, 15) is 15.8 Å². The van der Waals surface area contributed by atoms with Gasteiger partial charge in [0, 0.05) is 0 Å². The maximum Gasteiger partial charge on any atom is 0.237 e. The molecular formula is C19H14N4O2.